The fourth-order valence-corrected chi connectivity index (χ4v) is 0.225. The van der Waals surface area contributed by atoms with Crippen molar-refractivity contribution in [1.82, 2.24) is 0 Å². The number of hydrogen-bond acceptors (Lipinski definition) is 1. The Morgan fingerprint density at radius 1 is 1.40 bits per heavy atom. The molecule has 0 aliphatic heterocycles. The van der Waals surface area contributed by atoms with Crippen molar-refractivity contribution in [3.63, 3.8) is 0 Å². The zero-order valence-electron chi connectivity index (χ0n) is 4.88. The summed E-state index contributed by atoms with van der Waals surface area (Å²) in [5.41, 5.74) is 0. The Hall–Kier alpha value is -0.390. The van der Waals surface area contributed by atoms with Gasteiger partial charge in [0.25, 0.3) is 6.43 Å². The van der Waals surface area contributed by atoms with Crippen LogP contribution in [-0.4, -0.2) is 19.6 Å². The molecule has 0 atom stereocenters. The smallest absolute Gasteiger partial charge is 0.321 e. The van der Waals surface area contributed by atoms with Gasteiger partial charge in [-0.1, -0.05) is 0 Å². The van der Waals surface area contributed by atoms with Crippen molar-refractivity contribution in [3.05, 3.63) is 6.17 Å². The first-order valence-corrected chi connectivity index (χ1v) is 2.15. The zero-order valence-corrected chi connectivity index (χ0v) is 4.88. The van der Waals surface area contributed by atoms with Crippen LogP contribution < -0.4 is 0 Å². The molecule has 10 heavy (non-hydrogen) atoms. The Kier molecular flexibility index (Phi) is 3.01. The van der Waals surface area contributed by atoms with Gasteiger partial charge in [0.05, 0.1) is 0 Å². The summed E-state index contributed by atoms with van der Waals surface area (Å²) in [6.07, 6.45) is -11.1. The Bertz CT molecular complexity index is 104. The van der Waals surface area contributed by atoms with E-state index in [0.29, 0.717) is 7.11 Å². The second-order valence-electron chi connectivity index (χ2n) is 1.37. The molecule has 0 saturated heterocycles. The molecule has 0 amide bonds. The lowest BCUT2D eigenvalue weighted by molar-refractivity contribution is -0.240. The summed E-state index contributed by atoms with van der Waals surface area (Å²) in [5, 5.41) is 0. The average Bonchev–Trinajstić information content (AvgIpc) is 1.86. The summed E-state index contributed by atoms with van der Waals surface area (Å²) in [6.45, 7) is 0. The molecule has 0 saturated carbocycles. The third-order valence-corrected chi connectivity index (χ3v) is 0.726. The van der Waals surface area contributed by atoms with Gasteiger partial charge in [0.2, 0.25) is 0 Å². The summed E-state index contributed by atoms with van der Waals surface area (Å²) in [5.74, 6) is 0. The van der Waals surface area contributed by atoms with E-state index in [1.54, 1.807) is 0 Å². The van der Waals surface area contributed by atoms with Gasteiger partial charge >= 0.3 is 12.3 Å². The average molecular weight is 163 g/mol. The molecule has 1 nitrogen and oxygen atoms in total. The highest BCUT2D eigenvalue weighted by molar-refractivity contribution is 4.89. The Morgan fingerprint density at radius 3 is 1.90 bits per heavy atom. The monoisotopic (exact) mass is 163 g/mol. The lowest BCUT2D eigenvalue weighted by atomic mass is 10.4. The van der Waals surface area contributed by atoms with Crippen LogP contribution >= 0.6 is 0 Å². The van der Waals surface area contributed by atoms with Gasteiger partial charge in [0, 0.05) is 7.11 Å². The maximum Gasteiger partial charge on any atom is 0.399 e. The molecule has 0 rings (SSSR count). The lowest BCUT2D eigenvalue weighted by Crippen LogP contribution is -2.30. The van der Waals surface area contributed by atoms with E-state index in [-0.39, 0.29) is 0 Å². The molecule has 0 N–H and O–H groups in total. The highest BCUT2D eigenvalue weighted by Crippen LogP contribution is 2.32. The summed E-state index contributed by atoms with van der Waals surface area (Å²) >= 11 is 0. The van der Waals surface area contributed by atoms with E-state index in [9.17, 15) is 22.0 Å². The number of halogens is 5. The van der Waals surface area contributed by atoms with Crippen molar-refractivity contribution < 1.29 is 26.7 Å². The van der Waals surface area contributed by atoms with E-state index in [2.05, 4.69) is 4.74 Å². The minimum Gasteiger partial charge on any atom is -0.321 e. The molecule has 0 aromatic rings. The van der Waals surface area contributed by atoms with Gasteiger partial charge in [-0.25, -0.2) is 13.2 Å². The van der Waals surface area contributed by atoms with Crippen LogP contribution in [0.15, 0.2) is 0 Å². The van der Waals surface area contributed by atoms with Crippen LogP contribution in [0.5, 0.6) is 0 Å². The van der Waals surface area contributed by atoms with E-state index < -0.39 is 18.7 Å². The van der Waals surface area contributed by atoms with E-state index in [1.807, 2.05) is 0 Å². The largest absolute Gasteiger partial charge is 0.399 e. The minimum absolute atomic E-state index is 0.432. The topological polar surface area (TPSA) is 9.23 Å². The summed E-state index contributed by atoms with van der Waals surface area (Å²) in [4.78, 5) is 0. The molecule has 0 aliphatic carbocycles. The fourth-order valence-electron chi connectivity index (χ4n) is 0.225. The molecule has 0 aromatic heterocycles. The molecule has 0 aliphatic rings. The molecule has 0 aromatic carbocycles. The van der Waals surface area contributed by atoms with Gasteiger partial charge in [-0.3, -0.25) is 0 Å². The summed E-state index contributed by atoms with van der Waals surface area (Å²) < 4.78 is 60.4. The van der Waals surface area contributed by atoms with Gasteiger partial charge in [-0.2, -0.15) is 8.78 Å². The number of alkyl halides is 4. The van der Waals surface area contributed by atoms with Crippen LogP contribution in [0.25, 0.3) is 0 Å². The Balaban J connectivity index is 4.03. The van der Waals surface area contributed by atoms with Crippen molar-refractivity contribution in [2.24, 2.45) is 0 Å². The first-order chi connectivity index (χ1) is 4.41. The van der Waals surface area contributed by atoms with E-state index in [0.717, 1.165) is 0 Å². The van der Waals surface area contributed by atoms with Crippen molar-refractivity contribution in [2.75, 3.05) is 7.11 Å². The molecule has 0 fully saturated rings. The number of rotatable bonds is 3. The van der Waals surface area contributed by atoms with Crippen LogP contribution in [0, 0.1) is 6.17 Å². The van der Waals surface area contributed by atoms with E-state index in [4.69, 9.17) is 0 Å². The van der Waals surface area contributed by atoms with Crippen LogP contribution in [0.2, 0.25) is 0 Å². The summed E-state index contributed by atoms with van der Waals surface area (Å²) in [6, 6.07) is 0. The minimum atomic E-state index is -4.48. The van der Waals surface area contributed by atoms with Gasteiger partial charge in [-0.05, 0) is 0 Å². The lowest BCUT2D eigenvalue weighted by Gasteiger charge is -2.15. The number of ether oxygens (including phenoxy) is 1. The second kappa shape index (κ2) is 3.14. The molecular weight excluding hydrogens is 159 g/mol. The van der Waals surface area contributed by atoms with Crippen molar-refractivity contribution >= 4 is 0 Å². The van der Waals surface area contributed by atoms with Crippen LogP contribution in [0.4, 0.5) is 22.0 Å². The van der Waals surface area contributed by atoms with Crippen molar-refractivity contribution in [2.45, 2.75) is 12.5 Å². The van der Waals surface area contributed by atoms with Crippen molar-refractivity contribution in [3.8, 4) is 0 Å². The van der Waals surface area contributed by atoms with Crippen LogP contribution in [0.1, 0.15) is 0 Å². The molecule has 61 valence electrons. The molecule has 0 bridgehead atoms. The van der Waals surface area contributed by atoms with Gasteiger partial charge in [0.15, 0.2) is 0 Å². The van der Waals surface area contributed by atoms with Gasteiger partial charge < -0.3 is 4.74 Å². The highest BCUT2D eigenvalue weighted by atomic mass is 19.3. The molecule has 0 heterocycles. The molecular formula is C4H4F5O. The number of methoxy groups -OCH3 is 1. The predicted octanol–water partition coefficient (Wildman–Crippen LogP) is 1.99. The summed E-state index contributed by atoms with van der Waals surface area (Å²) in [7, 11) is 0.432. The van der Waals surface area contributed by atoms with Crippen LogP contribution in [0.3, 0.4) is 0 Å². The normalized spacial score (nSPS) is 13.2. The van der Waals surface area contributed by atoms with Crippen molar-refractivity contribution in [1.29, 1.82) is 0 Å². The Labute approximate surface area is 53.8 Å². The zero-order chi connectivity index (χ0) is 8.36. The quantitative estimate of drug-likeness (QED) is 0.578. The van der Waals surface area contributed by atoms with E-state index in [1.165, 1.54) is 0 Å². The highest BCUT2D eigenvalue weighted by Gasteiger charge is 2.48. The first-order valence-electron chi connectivity index (χ1n) is 2.15. The van der Waals surface area contributed by atoms with Gasteiger partial charge in [-0.15, -0.1) is 0 Å². The predicted molar refractivity (Wildman–Crippen MR) is 22.3 cm³/mol. The van der Waals surface area contributed by atoms with Gasteiger partial charge in [0.1, 0.15) is 0 Å². The SMILES string of the molecule is COC(F)(F)[C](F)C(F)F. The molecule has 1 radical (unpaired) electrons. The maximum atomic E-state index is 11.7. The third-order valence-electron chi connectivity index (χ3n) is 0.726. The fraction of sp³-hybridized carbons (Fsp3) is 0.750. The second-order valence-corrected chi connectivity index (χ2v) is 1.37. The third kappa shape index (κ3) is 2.09. The number of hydrogen-bond donors (Lipinski definition) is 0. The van der Waals surface area contributed by atoms with E-state index >= 15 is 0 Å². The molecule has 0 unspecified atom stereocenters. The maximum absolute atomic E-state index is 11.7. The Morgan fingerprint density at radius 2 is 1.80 bits per heavy atom. The standard InChI is InChI=1S/C4H4F5O/c1-10-4(8,9)2(5)3(6)7/h3H,1H3. The molecule has 0 spiro atoms. The van der Waals surface area contributed by atoms with Crippen LogP contribution in [-0.2, 0) is 4.74 Å². The molecule has 6 heteroatoms. The first kappa shape index (κ1) is 9.61.